The van der Waals surface area contributed by atoms with Crippen molar-refractivity contribution in [3.8, 4) is 11.5 Å². The quantitative estimate of drug-likeness (QED) is 0.875. The van der Waals surface area contributed by atoms with Gasteiger partial charge in [0.05, 0.1) is 7.11 Å². The van der Waals surface area contributed by atoms with Crippen molar-refractivity contribution in [2.24, 2.45) is 0 Å². The molecule has 1 N–H and O–H groups in total. The van der Waals surface area contributed by atoms with Crippen molar-refractivity contribution in [1.82, 2.24) is 4.90 Å². The van der Waals surface area contributed by atoms with E-state index in [1.807, 2.05) is 38.4 Å². The van der Waals surface area contributed by atoms with E-state index in [0.717, 1.165) is 37.2 Å². The number of likely N-dealkylation sites (N-methyl/N-ethyl adjacent to an activating group) is 1. The average molecular weight is 293 g/mol. The molecule has 0 spiro atoms. The summed E-state index contributed by atoms with van der Waals surface area (Å²) in [6, 6.07) is 7.56. The molecule has 1 fully saturated rings. The highest BCUT2D eigenvalue weighted by atomic mass is 16.5. The molecule has 1 aliphatic rings. The summed E-state index contributed by atoms with van der Waals surface area (Å²) in [5, 5.41) is 11.0. The monoisotopic (exact) mass is 293 g/mol. The third-order valence-electron chi connectivity index (χ3n) is 4.19. The number of nitrogens with zero attached hydrogens (tertiary/aromatic N) is 1. The van der Waals surface area contributed by atoms with E-state index in [9.17, 15) is 5.11 Å². The van der Waals surface area contributed by atoms with E-state index >= 15 is 0 Å². The summed E-state index contributed by atoms with van der Waals surface area (Å²) in [4.78, 5) is 2.07. The minimum absolute atomic E-state index is 0.207. The van der Waals surface area contributed by atoms with Gasteiger partial charge in [-0.1, -0.05) is 19.3 Å². The maximum atomic E-state index is 11.0. The number of rotatable bonds is 6. The second-order valence-corrected chi connectivity index (χ2v) is 6.21. The largest absolute Gasteiger partial charge is 0.497 e. The van der Waals surface area contributed by atoms with Crippen LogP contribution in [0.5, 0.6) is 11.5 Å². The van der Waals surface area contributed by atoms with Gasteiger partial charge in [-0.3, -0.25) is 0 Å². The average Bonchev–Trinajstić information content (AvgIpc) is 2.48. The van der Waals surface area contributed by atoms with Crippen LogP contribution in [0.25, 0.3) is 0 Å². The van der Waals surface area contributed by atoms with E-state index in [1.165, 1.54) is 6.42 Å². The van der Waals surface area contributed by atoms with Crippen LogP contribution < -0.4 is 9.47 Å². The summed E-state index contributed by atoms with van der Waals surface area (Å²) in [6.45, 7) is 0.711. The van der Waals surface area contributed by atoms with Crippen molar-refractivity contribution >= 4 is 0 Å². The van der Waals surface area contributed by atoms with E-state index in [4.69, 9.17) is 9.47 Å². The zero-order valence-electron chi connectivity index (χ0n) is 13.3. The van der Waals surface area contributed by atoms with Crippen LogP contribution in [0.15, 0.2) is 24.3 Å². The molecule has 1 unspecified atom stereocenters. The maximum Gasteiger partial charge on any atom is 0.140 e. The van der Waals surface area contributed by atoms with Crippen LogP contribution in [0.3, 0.4) is 0 Å². The fraction of sp³-hybridized carbons (Fsp3) is 0.647. The summed E-state index contributed by atoms with van der Waals surface area (Å²) >= 11 is 0. The molecule has 1 atom stereocenters. The second-order valence-electron chi connectivity index (χ2n) is 6.21. The normalized spacial score (nSPS) is 19.3. The van der Waals surface area contributed by atoms with Crippen LogP contribution in [0.1, 0.15) is 32.1 Å². The Kier molecular flexibility index (Phi) is 5.48. The Hall–Kier alpha value is -1.26. The van der Waals surface area contributed by atoms with Gasteiger partial charge in [-0.15, -0.1) is 0 Å². The number of hydrogen-bond donors (Lipinski definition) is 1. The minimum atomic E-state index is -0.720. The Morgan fingerprint density at radius 3 is 2.19 bits per heavy atom. The van der Waals surface area contributed by atoms with Crippen LogP contribution in [0.2, 0.25) is 0 Å². The van der Waals surface area contributed by atoms with Gasteiger partial charge in [0.1, 0.15) is 23.2 Å². The number of hydrogen-bond acceptors (Lipinski definition) is 4. The van der Waals surface area contributed by atoms with Crippen molar-refractivity contribution in [3.05, 3.63) is 24.3 Å². The van der Waals surface area contributed by atoms with E-state index in [1.54, 1.807) is 7.11 Å². The molecule has 0 amide bonds. The Bertz CT molecular complexity index is 424. The molecule has 0 bridgehead atoms. The van der Waals surface area contributed by atoms with Crippen molar-refractivity contribution < 1.29 is 14.6 Å². The first-order chi connectivity index (χ1) is 10.0. The molecule has 2 rings (SSSR count). The first-order valence-corrected chi connectivity index (χ1v) is 7.71. The van der Waals surface area contributed by atoms with Crippen LogP contribution in [-0.2, 0) is 0 Å². The van der Waals surface area contributed by atoms with Gasteiger partial charge in [-0.25, -0.2) is 0 Å². The molecule has 0 radical (unpaired) electrons. The topological polar surface area (TPSA) is 41.9 Å². The molecule has 4 nitrogen and oxygen atoms in total. The lowest BCUT2D eigenvalue weighted by atomic mass is 9.80. The Labute approximate surface area is 127 Å². The second kappa shape index (κ2) is 7.14. The van der Waals surface area contributed by atoms with Gasteiger partial charge in [-0.2, -0.15) is 0 Å². The smallest absolute Gasteiger partial charge is 0.140 e. The maximum absolute atomic E-state index is 11.0. The van der Waals surface area contributed by atoms with Gasteiger partial charge in [0.25, 0.3) is 0 Å². The van der Waals surface area contributed by atoms with Crippen molar-refractivity contribution in [3.63, 3.8) is 0 Å². The van der Waals surface area contributed by atoms with Gasteiger partial charge in [0.15, 0.2) is 0 Å². The predicted octanol–water partition coefficient (Wildman–Crippen LogP) is 2.70. The minimum Gasteiger partial charge on any atom is -0.497 e. The molecule has 1 aliphatic carbocycles. The van der Waals surface area contributed by atoms with E-state index < -0.39 is 5.60 Å². The SMILES string of the molecule is COc1ccc(OC(CN(C)C)C2(O)CCCCC2)cc1. The van der Waals surface area contributed by atoms with E-state index in [-0.39, 0.29) is 6.10 Å². The van der Waals surface area contributed by atoms with Gasteiger partial charge in [0, 0.05) is 6.54 Å². The molecule has 118 valence electrons. The van der Waals surface area contributed by atoms with Crippen LogP contribution >= 0.6 is 0 Å². The van der Waals surface area contributed by atoms with Gasteiger partial charge in [-0.05, 0) is 51.2 Å². The fourth-order valence-corrected chi connectivity index (χ4v) is 2.95. The number of methoxy groups -OCH3 is 1. The van der Waals surface area contributed by atoms with Crippen LogP contribution in [0, 0.1) is 0 Å². The highest BCUT2D eigenvalue weighted by molar-refractivity contribution is 5.31. The summed E-state index contributed by atoms with van der Waals surface area (Å²) in [6.07, 6.45) is 4.79. The Balaban J connectivity index is 2.11. The van der Waals surface area contributed by atoms with E-state index in [2.05, 4.69) is 4.90 Å². The molecular formula is C17H27NO3. The Morgan fingerprint density at radius 1 is 1.10 bits per heavy atom. The Morgan fingerprint density at radius 2 is 1.67 bits per heavy atom. The van der Waals surface area contributed by atoms with Crippen molar-refractivity contribution in [2.45, 2.75) is 43.8 Å². The van der Waals surface area contributed by atoms with Crippen molar-refractivity contribution in [1.29, 1.82) is 0 Å². The highest BCUT2D eigenvalue weighted by Crippen LogP contribution is 2.33. The molecule has 0 aromatic heterocycles. The van der Waals surface area contributed by atoms with Crippen LogP contribution in [-0.4, -0.2) is 49.5 Å². The van der Waals surface area contributed by atoms with Crippen molar-refractivity contribution in [2.75, 3.05) is 27.7 Å². The third kappa shape index (κ3) is 4.35. The number of aliphatic hydroxyl groups is 1. The first-order valence-electron chi connectivity index (χ1n) is 7.71. The van der Waals surface area contributed by atoms with Crippen LogP contribution in [0.4, 0.5) is 0 Å². The van der Waals surface area contributed by atoms with E-state index in [0.29, 0.717) is 6.54 Å². The van der Waals surface area contributed by atoms with Gasteiger partial charge < -0.3 is 19.5 Å². The highest BCUT2D eigenvalue weighted by Gasteiger charge is 2.39. The molecule has 4 heteroatoms. The number of ether oxygens (including phenoxy) is 2. The molecule has 0 aliphatic heterocycles. The molecule has 21 heavy (non-hydrogen) atoms. The predicted molar refractivity (Wildman–Crippen MR) is 84.0 cm³/mol. The van der Waals surface area contributed by atoms with Gasteiger partial charge >= 0.3 is 0 Å². The zero-order chi connectivity index (χ0) is 15.3. The summed E-state index contributed by atoms with van der Waals surface area (Å²) in [5.41, 5.74) is -0.720. The lowest BCUT2D eigenvalue weighted by molar-refractivity contribution is -0.0915. The lowest BCUT2D eigenvalue weighted by Crippen LogP contribution is -2.51. The molecule has 1 aromatic carbocycles. The van der Waals surface area contributed by atoms with Gasteiger partial charge in [0.2, 0.25) is 0 Å². The number of benzene rings is 1. The molecular weight excluding hydrogens is 266 g/mol. The summed E-state index contributed by atoms with van der Waals surface area (Å²) in [7, 11) is 5.67. The standard InChI is InChI=1S/C17H27NO3/c1-18(2)13-16(17(19)11-5-4-6-12-17)21-15-9-7-14(20-3)8-10-15/h7-10,16,19H,4-6,11-13H2,1-3H3. The zero-order valence-corrected chi connectivity index (χ0v) is 13.3. The fourth-order valence-electron chi connectivity index (χ4n) is 2.95. The molecule has 0 saturated heterocycles. The molecule has 1 saturated carbocycles. The molecule has 1 aromatic rings. The third-order valence-corrected chi connectivity index (χ3v) is 4.19. The first kappa shape index (κ1) is 16.1. The summed E-state index contributed by atoms with van der Waals surface area (Å²) < 4.78 is 11.3. The summed E-state index contributed by atoms with van der Waals surface area (Å²) in [5.74, 6) is 1.59. The molecule has 0 heterocycles. The lowest BCUT2D eigenvalue weighted by Gasteiger charge is -2.40.